The molecule has 0 aliphatic carbocycles. The van der Waals surface area contributed by atoms with E-state index >= 15 is 0 Å². The molecule has 0 bridgehead atoms. The van der Waals surface area contributed by atoms with Gasteiger partial charge >= 0.3 is 5.97 Å². The number of aliphatic hydroxyl groups is 1. The molecule has 6 heteroatoms. The van der Waals surface area contributed by atoms with Crippen molar-refractivity contribution in [3.8, 4) is 0 Å². The van der Waals surface area contributed by atoms with Crippen molar-refractivity contribution in [1.29, 1.82) is 0 Å². The summed E-state index contributed by atoms with van der Waals surface area (Å²) in [6.07, 6.45) is 1.44. The number of amides is 1. The Hall–Kier alpha value is -1.95. The van der Waals surface area contributed by atoms with Gasteiger partial charge in [0, 0.05) is 6.20 Å². The maximum Gasteiger partial charge on any atom is 0.328 e. The smallest absolute Gasteiger partial charge is 0.328 e. The monoisotopic (exact) mass is 224 g/mol. The lowest BCUT2D eigenvalue weighted by atomic mass is 10.2. The first-order valence-electron chi connectivity index (χ1n) is 4.62. The van der Waals surface area contributed by atoms with Crippen molar-refractivity contribution in [1.82, 2.24) is 10.3 Å². The molecule has 6 nitrogen and oxygen atoms in total. The van der Waals surface area contributed by atoms with Crippen molar-refractivity contribution in [3.63, 3.8) is 0 Å². The molecule has 0 fully saturated rings. The fraction of sp³-hybridized carbons (Fsp3) is 0.300. The number of aryl methyl sites for hydroxylation is 1. The molecule has 16 heavy (non-hydrogen) atoms. The molecule has 0 unspecified atom stereocenters. The summed E-state index contributed by atoms with van der Waals surface area (Å²) in [6, 6.07) is 2.05. The van der Waals surface area contributed by atoms with Gasteiger partial charge in [-0.2, -0.15) is 0 Å². The van der Waals surface area contributed by atoms with E-state index in [4.69, 9.17) is 10.2 Å². The van der Waals surface area contributed by atoms with Crippen LogP contribution in [0.5, 0.6) is 0 Å². The zero-order valence-electron chi connectivity index (χ0n) is 8.67. The molecular weight excluding hydrogens is 212 g/mol. The molecule has 0 aliphatic heterocycles. The molecule has 3 N–H and O–H groups in total. The average molecular weight is 224 g/mol. The van der Waals surface area contributed by atoms with Crippen molar-refractivity contribution >= 4 is 11.9 Å². The number of aliphatic hydroxyl groups excluding tert-OH is 1. The van der Waals surface area contributed by atoms with Gasteiger partial charge in [0.1, 0.15) is 5.69 Å². The van der Waals surface area contributed by atoms with E-state index in [0.717, 1.165) is 0 Å². The standard InChI is InChI=1S/C10H12N2O4/c1-6-3-2-4-11-8(6)9(14)12-7(5-13)10(15)16/h2-4,7,13H,5H2,1H3,(H,12,14)(H,15,16)/t7-/m0/s1. The Morgan fingerprint density at radius 3 is 2.75 bits per heavy atom. The molecule has 0 saturated carbocycles. The number of rotatable bonds is 4. The first-order chi connectivity index (χ1) is 7.56. The minimum Gasteiger partial charge on any atom is -0.480 e. The number of hydrogen-bond donors (Lipinski definition) is 3. The predicted molar refractivity (Wildman–Crippen MR) is 54.9 cm³/mol. The van der Waals surface area contributed by atoms with Crippen molar-refractivity contribution in [3.05, 3.63) is 29.6 Å². The molecule has 86 valence electrons. The van der Waals surface area contributed by atoms with E-state index in [-0.39, 0.29) is 5.69 Å². The summed E-state index contributed by atoms with van der Waals surface area (Å²) in [7, 11) is 0. The quantitative estimate of drug-likeness (QED) is 0.644. The highest BCUT2D eigenvalue weighted by molar-refractivity contribution is 5.96. The molecule has 0 saturated heterocycles. The van der Waals surface area contributed by atoms with E-state index in [1.54, 1.807) is 19.1 Å². The van der Waals surface area contributed by atoms with Crippen LogP contribution in [0.25, 0.3) is 0 Å². The van der Waals surface area contributed by atoms with E-state index in [1.807, 2.05) is 0 Å². The fourth-order valence-electron chi connectivity index (χ4n) is 1.14. The molecule has 1 amide bonds. The zero-order chi connectivity index (χ0) is 12.1. The molecule has 1 heterocycles. The number of hydrogen-bond acceptors (Lipinski definition) is 4. The topological polar surface area (TPSA) is 99.5 Å². The van der Waals surface area contributed by atoms with Crippen LogP contribution in [0.4, 0.5) is 0 Å². The van der Waals surface area contributed by atoms with Crippen LogP contribution in [-0.4, -0.2) is 39.7 Å². The lowest BCUT2D eigenvalue weighted by molar-refractivity contribution is -0.140. The summed E-state index contributed by atoms with van der Waals surface area (Å²) in [4.78, 5) is 26.0. The zero-order valence-corrected chi connectivity index (χ0v) is 8.67. The lowest BCUT2D eigenvalue weighted by Crippen LogP contribution is -2.43. The number of carboxylic acids is 1. The molecule has 1 atom stereocenters. The Kier molecular flexibility index (Phi) is 3.96. The number of nitrogens with zero attached hydrogens (tertiary/aromatic N) is 1. The molecule has 1 aromatic heterocycles. The summed E-state index contributed by atoms with van der Waals surface area (Å²) >= 11 is 0. The summed E-state index contributed by atoms with van der Waals surface area (Å²) < 4.78 is 0. The van der Waals surface area contributed by atoms with Crippen LogP contribution in [0.3, 0.4) is 0 Å². The van der Waals surface area contributed by atoms with Crippen LogP contribution >= 0.6 is 0 Å². The van der Waals surface area contributed by atoms with E-state index in [9.17, 15) is 9.59 Å². The molecule has 1 aromatic rings. The molecule has 0 aromatic carbocycles. The van der Waals surface area contributed by atoms with Gasteiger partial charge < -0.3 is 15.5 Å². The Bertz CT molecular complexity index is 406. The third-order valence-electron chi connectivity index (χ3n) is 2.01. The summed E-state index contributed by atoms with van der Waals surface area (Å²) in [5.41, 5.74) is 0.796. The number of aromatic nitrogens is 1. The van der Waals surface area contributed by atoms with Gasteiger partial charge in [-0.3, -0.25) is 9.78 Å². The number of carbonyl (C=O) groups is 2. The van der Waals surface area contributed by atoms with Crippen molar-refractivity contribution < 1.29 is 19.8 Å². The highest BCUT2D eigenvalue weighted by Gasteiger charge is 2.20. The minimum absolute atomic E-state index is 0.155. The number of nitrogens with one attached hydrogen (secondary N) is 1. The third kappa shape index (κ3) is 2.77. The van der Waals surface area contributed by atoms with Gasteiger partial charge in [0.2, 0.25) is 0 Å². The Labute approximate surface area is 91.9 Å². The third-order valence-corrected chi connectivity index (χ3v) is 2.01. The number of carbonyl (C=O) groups excluding carboxylic acids is 1. The second-order valence-corrected chi connectivity index (χ2v) is 3.22. The van der Waals surface area contributed by atoms with Crippen molar-refractivity contribution in [2.24, 2.45) is 0 Å². The van der Waals surface area contributed by atoms with Crippen LogP contribution in [-0.2, 0) is 4.79 Å². The molecular formula is C10H12N2O4. The highest BCUT2D eigenvalue weighted by atomic mass is 16.4. The van der Waals surface area contributed by atoms with E-state index < -0.39 is 24.5 Å². The first-order valence-corrected chi connectivity index (χ1v) is 4.62. The second-order valence-electron chi connectivity index (χ2n) is 3.22. The van der Waals surface area contributed by atoms with E-state index in [0.29, 0.717) is 5.56 Å². The van der Waals surface area contributed by atoms with Gasteiger partial charge in [0.25, 0.3) is 5.91 Å². The molecule has 0 radical (unpaired) electrons. The van der Waals surface area contributed by atoms with Crippen LogP contribution < -0.4 is 5.32 Å². The Morgan fingerprint density at radius 2 is 2.25 bits per heavy atom. The van der Waals surface area contributed by atoms with Crippen molar-refractivity contribution in [2.75, 3.05) is 6.61 Å². The van der Waals surface area contributed by atoms with Crippen LogP contribution in [0.15, 0.2) is 18.3 Å². The SMILES string of the molecule is Cc1cccnc1C(=O)N[C@@H](CO)C(=O)O. The Morgan fingerprint density at radius 1 is 1.56 bits per heavy atom. The van der Waals surface area contributed by atoms with Crippen LogP contribution in [0.2, 0.25) is 0 Å². The molecule has 1 rings (SSSR count). The minimum atomic E-state index is -1.31. The maximum absolute atomic E-state index is 11.6. The van der Waals surface area contributed by atoms with E-state index in [2.05, 4.69) is 10.3 Å². The van der Waals surface area contributed by atoms with Gasteiger partial charge in [0.05, 0.1) is 6.61 Å². The first kappa shape index (κ1) is 12.1. The largest absolute Gasteiger partial charge is 0.480 e. The highest BCUT2D eigenvalue weighted by Crippen LogP contribution is 2.03. The van der Waals surface area contributed by atoms with Crippen LogP contribution in [0.1, 0.15) is 16.1 Å². The number of aliphatic carboxylic acids is 1. The second kappa shape index (κ2) is 5.22. The molecule has 0 spiro atoms. The average Bonchev–Trinajstić information content (AvgIpc) is 2.25. The fourth-order valence-corrected chi connectivity index (χ4v) is 1.14. The van der Waals surface area contributed by atoms with E-state index in [1.165, 1.54) is 6.20 Å². The summed E-state index contributed by atoms with van der Waals surface area (Å²) in [5.74, 6) is -1.90. The van der Waals surface area contributed by atoms with Crippen LogP contribution in [0, 0.1) is 6.92 Å². The van der Waals surface area contributed by atoms with Gasteiger partial charge in [-0.25, -0.2) is 4.79 Å². The van der Waals surface area contributed by atoms with Gasteiger partial charge in [-0.15, -0.1) is 0 Å². The molecule has 0 aliphatic rings. The van der Waals surface area contributed by atoms with Gasteiger partial charge in [-0.1, -0.05) is 6.07 Å². The van der Waals surface area contributed by atoms with Crippen molar-refractivity contribution in [2.45, 2.75) is 13.0 Å². The van der Waals surface area contributed by atoms with Gasteiger partial charge in [-0.05, 0) is 18.6 Å². The Balaban J connectivity index is 2.80. The van der Waals surface area contributed by atoms with Gasteiger partial charge in [0.15, 0.2) is 6.04 Å². The lowest BCUT2D eigenvalue weighted by Gasteiger charge is -2.11. The normalized spacial score (nSPS) is 11.9. The number of carboxylic acid groups (broad SMARTS) is 1. The number of pyridine rings is 1. The summed E-state index contributed by atoms with van der Waals surface area (Å²) in [6.45, 7) is 1.03. The summed E-state index contributed by atoms with van der Waals surface area (Å²) in [5, 5.41) is 19.6. The predicted octanol–water partition coefficient (Wildman–Crippen LogP) is -0.435. The maximum atomic E-state index is 11.6.